The Morgan fingerprint density at radius 3 is 2.81 bits per heavy atom. The van der Waals surface area contributed by atoms with Gasteiger partial charge in [-0.15, -0.1) is 0 Å². The SMILES string of the molecule is COc1c(C)cc(C2CCCNC2)cc1F. The molecule has 0 saturated carbocycles. The highest BCUT2D eigenvalue weighted by Gasteiger charge is 2.18. The molecule has 3 heteroatoms. The molecule has 0 aliphatic carbocycles. The summed E-state index contributed by atoms with van der Waals surface area (Å²) in [6, 6.07) is 3.66. The first-order chi connectivity index (χ1) is 7.72. The molecule has 1 N–H and O–H groups in total. The number of ether oxygens (including phenoxy) is 1. The van der Waals surface area contributed by atoms with Crippen molar-refractivity contribution >= 4 is 0 Å². The topological polar surface area (TPSA) is 21.3 Å². The second-order valence-corrected chi connectivity index (χ2v) is 4.40. The molecule has 1 aromatic rings. The van der Waals surface area contributed by atoms with E-state index in [2.05, 4.69) is 5.32 Å². The Hall–Kier alpha value is -1.09. The van der Waals surface area contributed by atoms with Crippen LogP contribution in [0.15, 0.2) is 12.1 Å². The van der Waals surface area contributed by atoms with Gasteiger partial charge < -0.3 is 10.1 Å². The summed E-state index contributed by atoms with van der Waals surface area (Å²) in [5.74, 6) is 0.559. The monoisotopic (exact) mass is 223 g/mol. The van der Waals surface area contributed by atoms with Gasteiger partial charge >= 0.3 is 0 Å². The number of piperidine rings is 1. The third kappa shape index (κ3) is 2.19. The molecule has 2 rings (SSSR count). The summed E-state index contributed by atoms with van der Waals surface area (Å²) in [4.78, 5) is 0. The number of aryl methyl sites for hydroxylation is 1. The number of rotatable bonds is 2. The number of nitrogens with one attached hydrogen (secondary N) is 1. The van der Waals surface area contributed by atoms with Crippen molar-refractivity contribution in [1.29, 1.82) is 0 Å². The molecule has 16 heavy (non-hydrogen) atoms. The van der Waals surface area contributed by atoms with Gasteiger partial charge in [0, 0.05) is 6.54 Å². The molecule has 0 bridgehead atoms. The Balaban J connectivity index is 2.28. The van der Waals surface area contributed by atoms with Crippen LogP contribution in [0.1, 0.15) is 29.9 Å². The lowest BCUT2D eigenvalue weighted by Crippen LogP contribution is -2.28. The summed E-state index contributed by atoms with van der Waals surface area (Å²) in [6.07, 6.45) is 2.30. The van der Waals surface area contributed by atoms with E-state index in [9.17, 15) is 4.39 Å². The zero-order chi connectivity index (χ0) is 11.5. The first-order valence-corrected chi connectivity index (χ1v) is 5.77. The summed E-state index contributed by atoms with van der Waals surface area (Å²) in [5.41, 5.74) is 1.96. The van der Waals surface area contributed by atoms with Crippen LogP contribution >= 0.6 is 0 Å². The summed E-state index contributed by atoms with van der Waals surface area (Å²) in [5, 5.41) is 3.35. The quantitative estimate of drug-likeness (QED) is 0.832. The van der Waals surface area contributed by atoms with Crippen molar-refractivity contribution in [2.75, 3.05) is 20.2 Å². The lowest BCUT2D eigenvalue weighted by atomic mass is 9.90. The highest BCUT2D eigenvalue weighted by Crippen LogP contribution is 2.30. The predicted molar refractivity (Wildman–Crippen MR) is 62.5 cm³/mol. The second-order valence-electron chi connectivity index (χ2n) is 4.40. The Morgan fingerprint density at radius 2 is 2.25 bits per heavy atom. The minimum Gasteiger partial charge on any atom is -0.493 e. The molecule has 1 fully saturated rings. The van der Waals surface area contributed by atoms with Gasteiger partial charge in [-0.3, -0.25) is 0 Å². The fourth-order valence-electron chi connectivity index (χ4n) is 2.39. The Bertz CT molecular complexity index is 349. The third-order valence-electron chi connectivity index (χ3n) is 3.22. The molecule has 1 saturated heterocycles. The van der Waals surface area contributed by atoms with Gasteiger partial charge in [-0.2, -0.15) is 0 Å². The van der Waals surface area contributed by atoms with Crippen molar-refractivity contribution in [3.63, 3.8) is 0 Å². The van der Waals surface area contributed by atoms with Crippen LogP contribution in [0.2, 0.25) is 0 Å². The van der Waals surface area contributed by atoms with Gasteiger partial charge in [0.15, 0.2) is 11.6 Å². The highest BCUT2D eigenvalue weighted by molar-refractivity contribution is 5.39. The van der Waals surface area contributed by atoms with Crippen LogP contribution in [-0.2, 0) is 0 Å². The molecule has 0 aromatic heterocycles. The maximum atomic E-state index is 13.7. The summed E-state index contributed by atoms with van der Waals surface area (Å²) in [6.45, 7) is 3.92. The molecule has 0 amide bonds. The number of halogens is 1. The average Bonchev–Trinajstić information content (AvgIpc) is 2.30. The molecule has 0 radical (unpaired) electrons. The van der Waals surface area contributed by atoms with Gasteiger partial charge in [0.05, 0.1) is 7.11 Å². The van der Waals surface area contributed by atoms with Crippen LogP contribution in [0, 0.1) is 12.7 Å². The Morgan fingerprint density at radius 1 is 1.44 bits per heavy atom. The van der Waals surface area contributed by atoms with Crippen LogP contribution in [0.5, 0.6) is 5.75 Å². The maximum Gasteiger partial charge on any atom is 0.165 e. The lowest BCUT2D eigenvalue weighted by Gasteiger charge is -2.24. The number of hydrogen-bond donors (Lipinski definition) is 1. The van der Waals surface area contributed by atoms with Gasteiger partial charge in [0.25, 0.3) is 0 Å². The minimum atomic E-state index is -0.247. The van der Waals surface area contributed by atoms with Crippen molar-refractivity contribution in [2.24, 2.45) is 0 Å². The Labute approximate surface area is 95.8 Å². The van der Waals surface area contributed by atoms with E-state index in [1.54, 1.807) is 6.07 Å². The molecular formula is C13H18FNO. The second kappa shape index (κ2) is 4.83. The van der Waals surface area contributed by atoms with Gasteiger partial charge in [-0.05, 0) is 49.4 Å². The largest absolute Gasteiger partial charge is 0.493 e. The van der Waals surface area contributed by atoms with Crippen molar-refractivity contribution in [3.8, 4) is 5.75 Å². The summed E-state index contributed by atoms with van der Waals surface area (Å²) in [7, 11) is 1.51. The zero-order valence-electron chi connectivity index (χ0n) is 9.85. The molecule has 1 aromatic carbocycles. The zero-order valence-corrected chi connectivity index (χ0v) is 9.85. The summed E-state index contributed by atoms with van der Waals surface area (Å²) >= 11 is 0. The first-order valence-electron chi connectivity index (χ1n) is 5.77. The smallest absolute Gasteiger partial charge is 0.165 e. The molecule has 88 valence electrons. The van der Waals surface area contributed by atoms with Crippen LogP contribution in [0.25, 0.3) is 0 Å². The van der Waals surface area contributed by atoms with Crippen molar-refractivity contribution in [3.05, 3.63) is 29.1 Å². The third-order valence-corrected chi connectivity index (χ3v) is 3.22. The number of methoxy groups -OCH3 is 1. The fraction of sp³-hybridized carbons (Fsp3) is 0.538. The normalized spacial score (nSPS) is 20.8. The van der Waals surface area contributed by atoms with E-state index < -0.39 is 0 Å². The first kappa shape index (κ1) is 11.4. The average molecular weight is 223 g/mol. The van der Waals surface area contributed by atoms with Crippen LogP contribution in [0.3, 0.4) is 0 Å². The molecule has 1 unspecified atom stereocenters. The molecule has 1 heterocycles. The van der Waals surface area contributed by atoms with E-state index in [1.165, 1.54) is 7.11 Å². The fourth-order valence-corrected chi connectivity index (χ4v) is 2.39. The number of benzene rings is 1. The van der Waals surface area contributed by atoms with E-state index in [0.717, 1.165) is 37.1 Å². The van der Waals surface area contributed by atoms with Gasteiger partial charge in [-0.1, -0.05) is 6.07 Å². The standard InChI is InChI=1S/C13H18FNO/c1-9-6-11(7-12(14)13(9)16-2)10-4-3-5-15-8-10/h6-7,10,15H,3-5,8H2,1-2H3. The molecule has 1 atom stereocenters. The van der Waals surface area contributed by atoms with Crippen molar-refractivity contribution in [1.82, 2.24) is 5.32 Å². The van der Waals surface area contributed by atoms with Crippen molar-refractivity contribution in [2.45, 2.75) is 25.7 Å². The van der Waals surface area contributed by atoms with Gasteiger partial charge in [-0.25, -0.2) is 4.39 Å². The molecule has 1 aliphatic rings. The molecule has 1 aliphatic heterocycles. The number of hydrogen-bond acceptors (Lipinski definition) is 2. The molecule has 2 nitrogen and oxygen atoms in total. The summed E-state index contributed by atoms with van der Waals surface area (Å²) < 4.78 is 18.7. The van der Waals surface area contributed by atoms with E-state index in [1.807, 2.05) is 13.0 Å². The van der Waals surface area contributed by atoms with Crippen LogP contribution < -0.4 is 10.1 Å². The van der Waals surface area contributed by atoms with Gasteiger partial charge in [0.2, 0.25) is 0 Å². The molecular weight excluding hydrogens is 205 g/mol. The van der Waals surface area contributed by atoms with E-state index >= 15 is 0 Å². The Kier molecular flexibility index (Phi) is 3.44. The highest BCUT2D eigenvalue weighted by atomic mass is 19.1. The van der Waals surface area contributed by atoms with E-state index in [0.29, 0.717) is 11.7 Å². The van der Waals surface area contributed by atoms with Crippen molar-refractivity contribution < 1.29 is 9.13 Å². The molecule has 0 spiro atoms. The van der Waals surface area contributed by atoms with Gasteiger partial charge in [0.1, 0.15) is 0 Å². The maximum absolute atomic E-state index is 13.7. The van der Waals surface area contributed by atoms with E-state index in [-0.39, 0.29) is 5.82 Å². The minimum absolute atomic E-state index is 0.247. The van der Waals surface area contributed by atoms with E-state index in [4.69, 9.17) is 4.74 Å². The predicted octanol–water partition coefficient (Wildman–Crippen LogP) is 2.61. The lowest BCUT2D eigenvalue weighted by molar-refractivity contribution is 0.381. The van der Waals surface area contributed by atoms with Crippen LogP contribution in [-0.4, -0.2) is 20.2 Å². The van der Waals surface area contributed by atoms with Crippen LogP contribution in [0.4, 0.5) is 4.39 Å².